The van der Waals surface area contributed by atoms with Gasteiger partial charge in [0.1, 0.15) is 0 Å². The Morgan fingerprint density at radius 2 is 1.00 bits per heavy atom. The zero-order valence-corrected chi connectivity index (χ0v) is 14.8. The van der Waals surface area contributed by atoms with E-state index in [9.17, 15) is 0 Å². The molecule has 0 saturated carbocycles. The van der Waals surface area contributed by atoms with Crippen LogP contribution in [0.1, 0.15) is 0 Å². The van der Waals surface area contributed by atoms with Gasteiger partial charge < -0.3 is 31.9 Å². The minimum Gasteiger partial charge on any atom is -0.355 e. The molecule has 10 nitrogen and oxygen atoms in total. The first-order valence-corrected chi connectivity index (χ1v) is 9.19. The van der Waals surface area contributed by atoms with Gasteiger partial charge in [-0.3, -0.25) is 19.9 Å². The van der Waals surface area contributed by atoms with Gasteiger partial charge in [-0.05, 0) is 0 Å². The SMILES string of the molecule is C1CNC(NCCN(CCNC2=NCCN2)CCNC2=NCCN2)=N1. The van der Waals surface area contributed by atoms with Crippen LogP contribution >= 0.6 is 0 Å². The van der Waals surface area contributed by atoms with Crippen molar-refractivity contribution in [3.63, 3.8) is 0 Å². The summed E-state index contributed by atoms with van der Waals surface area (Å²) in [7, 11) is 0. The second-order valence-corrected chi connectivity index (χ2v) is 6.09. The van der Waals surface area contributed by atoms with Crippen molar-refractivity contribution >= 4 is 17.9 Å². The molecule has 0 aromatic carbocycles. The summed E-state index contributed by atoms with van der Waals surface area (Å²) in [6.45, 7) is 10.9. The van der Waals surface area contributed by atoms with Crippen LogP contribution in [0.4, 0.5) is 0 Å². The number of hydrogen-bond acceptors (Lipinski definition) is 10. The molecule has 0 amide bonds. The zero-order chi connectivity index (χ0) is 17.2. The predicted octanol–water partition coefficient (Wildman–Crippen LogP) is -3.07. The van der Waals surface area contributed by atoms with E-state index < -0.39 is 0 Å². The van der Waals surface area contributed by atoms with Crippen molar-refractivity contribution in [2.45, 2.75) is 0 Å². The number of nitrogens with zero attached hydrogens (tertiary/aromatic N) is 4. The maximum absolute atomic E-state index is 4.36. The van der Waals surface area contributed by atoms with Gasteiger partial charge in [0.2, 0.25) is 0 Å². The molecule has 0 fully saturated rings. The Bertz CT molecular complexity index is 429. The monoisotopic (exact) mass is 350 g/mol. The lowest BCUT2D eigenvalue weighted by atomic mass is 10.4. The molecule has 0 saturated heterocycles. The summed E-state index contributed by atoms with van der Waals surface area (Å²) in [6.07, 6.45) is 0. The van der Waals surface area contributed by atoms with E-state index in [2.05, 4.69) is 51.8 Å². The van der Waals surface area contributed by atoms with Crippen LogP contribution in [0.5, 0.6) is 0 Å². The topological polar surface area (TPSA) is 112 Å². The maximum atomic E-state index is 4.36. The van der Waals surface area contributed by atoms with Crippen molar-refractivity contribution in [2.75, 3.05) is 78.5 Å². The molecule has 3 aliphatic heterocycles. The number of nitrogens with one attached hydrogen (secondary N) is 6. The van der Waals surface area contributed by atoms with E-state index in [0.29, 0.717) is 0 Å². The molecule has 3 aliphatic rings. The highest BCUT2D eigenvalue weighted by molar-refractivity contribution is 5.82. The highest BCUT2D eigenvalue weighted by atomic mass is 15.3. The van der Waals surface area contributed by atoms with Gasteiger partial charge in [-0.2, -0.15) is 0 Å². The molecule has 140 valence electrons. The third kappa shape index (κ3) is 6.29. The summed E-state index contributed by atoms with van der Waals surface area (Å²) < 4.78 is 0. The third-order valence-corrected chi connectivity index (χ3v) is 4.18. The van der Waals surface area contributed by atoms with Gasteiger partial charge in [0.15, 0.2) is 17.9 Å². The lowest BCUT2D eigenvalue weighted by molar-refractivity contribution is 0.285. The normalized spacial score (nSPS) is 18.8. The predicted molar refractivity (Wildman–Crippen MR) is 101 cm³/mol. The molecule has 10 heteroatoms. The summed E-state index contributed by atoms with van der Waals surface area (Å²) in [5, 5.41) is 19.8. The molecule has 0 aliphatic carbocycles. The van der Waals surface area contributed by atoms with E-state index in [4.69, 9.17) is 0 Å². The Morgan fingerprint density at radius 1 is 0.640 bits per heavy atom. The molecular formula is C15H30N10. The Labute approximate surface area is 149 Å². The Hall–Kier alpha value is -2.23. The average Bonchev–Trinajstić information content (AvgIpc) is 3.38. The van der Waals surface area contributed by atoms with Crippen molar-refractivity contribution in [1.82, 2.24) is 36.8 Å². The fourth-order valence-corrected chi connectivity index (χ4v) is 2.88. The summed E-state index contributed by atoms with van der Waals surface area (Å²) >= 11 is 0. The molecule has 0 bridgehead atoms. The van der Waals surface area contributed by atoms with E-state index in [0.717, 1.165) is 96.4 Å². The van der Waals surface area contributed by atoms with Crippen LogP contribution in [0.15, 0.2) is 15.0 Å². The molecule has 0 aromatic heterocycles. The van der Waals surface area contributed by atoms with E-state index in [1.807, 2.05) is 0 Å². The van der Waals surface area contributed by atoms with Gasteiger partial charge in [-0.1, -0.05) is 0 Å². The van der Waals surface area contributed by atoms with Gasteiger partial charge in [0, 0.05) is 58.9 Å². The molecule has 6 N–H and O–H groups in total. The zero-order valence-electron chi connectivity index (χ0n) is 14.8. The summed E-state index contributed by atoms with van der Waals surface area (Å²) in [4.78, 5) is 15.5. The average molecular weight is 350 g/mol. The fraction of sp³-hybridized carbons (Fsp3) is 0.800. The number of guanidine groups is 3. The standard InChI is InChI=1S/C15H30N10/c1-2-17-13(16-1)22-7-10-25(11-8-23-14-18-3-4-19-14)12-9-24-15-20-5-6-21-15/h1-12H2,(H2,16,17,22)(H2,18,19,23)(H2,20,21,24). The van der Waals surface area contributed by atoms with Gasteiger partial charge in [0.25, 0.3) is 0 Å². The van der Waals surface area contributed by atoms with E-state index >= 15 is 0 Å². The smallest absolute Gasteiger partial charge is 0.191 e. The second-order valence-electron chi connectivity index (χ2n) is 6.09. The van der Waals surface area contributed by atoms with Crippen LogP contribution in [-0.2, 0) is 0 Å². The van der Waals surface area contributed by atoms with Gasteiger partial charge in [-0.25, -0.2) is 0 Å². The van der Waals surface area contributed by atoms with Crippen molar-refractivity contribution in [3.8, 4) is 0 Å². The summed E-state index contributed by atoms with van der Waals surface area (Å²) in [5.74, 6) is 2.76. The molecule has 0 unspecified atom stereocenters. The van der Waals surface area contributed by atoms with E-state index in [1.165, 1.54) is 0 Å². The number of aliphatic imine (C=N–C) groups is 3. The molecule has 3 heterocycles. The lowest BCUT2D eigenvalue weighted by Gasteiger charge is -2.23. The first kappa shape index (κ1) is 17.6. The van der Waals surface area contributed by atoms with Crippen LogP contribution in [0.25, 0.3) is 0 Å². The Balaban J connectivity index is 1.35. The minimum atomic E-state index is 0.865. The summed E-state index contributed by atoms with van der Waals surface area (Å²) in [5.41, 5.74) is 0. The largest absolute Gasteiger partial charge is 0.355 e. The maximum Gasteiger partial charge on any atom is 0.191 e. The van der Waals surface area contributed by atoms with Crippen LogP contribution in [-0.4, -0.2) is 101 Å². The van der Waals surface area contributed by atoms with E-state index in [-0.39, 0.29) is 0 Å². The molecule has 25 heavy (non-hydrogen) atoms. The van der Waals surface area contributed by atoms with E-state index in [1.54, 1.807) is 0 Å². The molecule has 3 rings (SSSR count). The van der Waals surface area contributed by atoms with Crippen molar-refractivity contribution in [1.29, 1.82) is 0 Å². The molecule has 0 spiro atoms. The molecule has 0 radical (unpaired) electrons. The van der Waals surface area contributed by atoms with Gasteiger partial charge in [-0.15, -0.1) is 0 Å². The molecule has 0 atom stereocenters. The highest BCUT2D eigenvalue weighted by Gasteiger charge is 2.10. The highest BCUT2D eigenvalue weighted by Crippen LogP contribution is 1.89. The van der Waals surface area contributed by atoms with Gasteiger partial charge >= 0.3 is 0 Å². The van der Waals surface area contributed by atoms with Crippen LogP contribution < -0.4 is 31.9 Å². The van der Waals surface area contributed by atoms with Crippen LogP contribution in [0.3, 0.4) is 0 Å². The fourth-order valence-electron chi connectivity index (χ4n) is 2.88. The lowest BCUT2D eigenvalue weighted by Crippen LogP contribution is -2.46. The third-order valence-electron chi connectivity index (χ3n) is 4.18. The van der Waals surface area contributed by atoms with Crippen molar-refractivity contribution in [3.05, 3.63) is 0 Å². The minimum absolute atomic E-state index is 0.865. The quantitative estimate of drug-likeness (QED) is 0.262. The van der Waals surface area contributed by atoms with Crippen LogP contribution in [0.2, 0.25) is 0 Å². The molecule has 0 aromatic rings. The van der Waals surface area contributed by atoms with Gasteiger partial charge in [0.05, 0.1) is 19.6 Å². The van der Waals surface area contributed by atoms with Crippen LogP contribution in [0, 0.1) is 0 Å². The number of hydrogen-bond donors (Lipinski definition) is 6. The first-order chi connectivity index (χ1) is 12.4. The Morgan fingerprint density at radius 3 is 1.28 bits per heavy atom. The second kappa shape index (κ2) is 9.92. The van der Waals surface area contributed by atoms with Crippen molar-refractivity contribution < 1.29 is 0 Å². The first-order valence-electron chi connectivity index (χ1n) is 9.19. The number of rotatable bonds is 9. The summed E-state index contributed by atoms with van der Waals surface area (Å²) in [6, 6.07) is 0. The van der Waals surface area contributed by atoms with Crippen molar-refractivity contribution in [2.24, 2.45) is 15.0 Å². The Kier molecular flexibility index (Phi) is 6.98. The molecular weight excluding hydrogens is 320 g/mol.